The summed E-state index contributed by atoms with van der Waals surface area (Å²) in [5, 5.41) is 0.809. The molecule has 1 heterocycles. The van der Waals surface area contributed by atoms with Gasteiger partial charge < -0.3 is 10.6 Å². The first kappa shape index (κ1) is 16.6. The Balaban J connectivity index is 1.67. The van der Waals surface area contributed by atoms with Gasteiger partial charge in [0.25, 0.3) is 0 Å². The van der Waals surface area contributed by atoms with Crippen molar-refractivity contribution in [1.82, 2.24) is 4.90 Å². The average Bonchev–Trinajstić information content (AvgIpc) is 2.49. The first-order chi connectivity index (χ1) is 10.2. The highest BCUT2D eigenvalue weighted by Gasteiger charge is 2.16. The zero-order valence-electron chi connectivity index (χ0n) is 13.1. The Morgan fingerprint density at radius 2 is 1.76 bits per heavy atom. The molecule has 0 aromatic heterocycles. The fraction of sp³-hybridized carbons (Fsp3) is 0.647. The Morgan fingerprint density at radius 3 is 2.38 bits per heavy atom. The third-order valence-electron chi connectivity index (χ3n) is 4.39. The predicted molar refractivity (Wildman–Crippen MR) is 92.2 cm³/mol. The second kappa shape index (κ2) is 8.62. The third kappa shape index (κ3) is 5.50. The number of halogens is 1. The van der Waals surface area contributed by atoms with Crippen molar-refractivity contribution in [3.63, 3.8) is 0 Å². The normalized spacial score (nSPS) is 18.0. The zero-order valence-corrected chi connectivity index (χ0v) is 13.9. The van der Waals surface area contributed by atoms with Crippen LogP contribution < -0.4 is 10.6 Å². The van der Waals surface area contributed by atoms with E-state index in [1.165, 1.54) is 25.1 Å². The Labute approximate surface area is 134 Å². The first-order valence-corrected chi connectivity index (χ1v) is 8.50. The van der Waals surface area contributed by atoms with Gasteiger partial charge in [0, 0.05) is 36.9 Å². The van der Waals surface area contributed by atoms with Gasteiger partial charge in [-0.1, -0.05) is 18.5 Å². The molecule has 1 atom stereocenters. The summed E-state index contributed by atoms with van der Waals surface area (Å²) >= 11 is 5.94. The maximum atomic E-state index is 5.94. The summed E-state index contributed by atoms with van der Waals surface area (Å²) in [4.78, 5) is 5.03. The van der Waals surface area contributed by atoms with Crippen molar-refractivity contribution in [3.05, 3.63) is 29.3 Å². The Kier molecular flexibility index (Phi) is 6.81. The van der Waals surface area contributed by atoms with Crippen LogP contribution >= 0.6 is 11.6 Å². The van der Waals surface area contributed by atoms with Gasteiger partial charge in [0.1, 0.15) is 0 Å². The number of nitrogens with two attached hydrogens (primary N) is 1. The van der Waals surface area contributed by atoms with Gasteiger partial charge in [-0.15, -0.1) is 0 Å². The molecule has 0 saturated carbocycles. The molecule has 3 nitrogen and oxygen atoms in total. The van der Waals surface area contributed by atoms with Crippen LogP contribution in [-0.4, -0.2) is 44.2 Å². The van der Waals surface area contributed by atoms with Crippen LogP contribution in [0.5, 0.6) is 0 Å². The van der Waals surface area contributed by atoms with Crippen LogP contribution in [-0.2, 0) is 0 Å². The van der Waals surface area contributed by atoms with Crippen LogP contribution in [0.15, 0.2) is 24.3 Å². The number of benzene rings is 1. The number of rotatable bonds is 7. The summed E-state index contributed by atoms with van der Waals surface area (Å²) < 4.78 is 0. The van der Waals surface area contributed by atoms with Gasteiger partial charge in [-0.2, -0.15) is 0 Å². The Bertz CT molecular complexity index is 399. The van der Waals surface area contributed by atoms with E-state index in [4.69, 9.17) is 17.3 Å². The van der Waals surface area contributed by atoms with E-state index in [-0.39, 0.29) is 0 Å². The van der Waals surface area contributed by atoms with Crippen molar-refractivity contribution in [2.24, 2.45) is 11.7 Å². The summed E-state index contributed by atoms with van der Waals surface area (Å²) in [6.07, 6.45) is 3.75. The molecule has 1 unspecified atom stereocenters. The molecule has 1 aromatic rings. The minimum Gasteiger partial charge on any atom is -0.369 e. The molecule has 1 aliphatic heterocycles. The van der Waals surface area contributed by atoms with Gasteiger partial charge in [-0.3, -0.25) is 4.90 Å². The minimum atomic E-state index is 0.769. The van der Waals surface area contributed by atoms with E-state index in [1.54, 1.807) is 0 Å². The molecule has 1 aromatic carbocycles. The summed E-state index contributed by atoms with van der Waals surface area (Å²) in [5.41, 5.74) is 6.89. The average molecular weight is 310 g/mol. The fourth-order valence-electron chi connectivity index (χ4n) is 2.97. The summed E-state index contributed by atoms with van der Waals surface area (Å²) in [6, 6.07) is 8.18. The smallest absolute Gasteiger partial charge is 0.0407 e. The van der Waals surface area contributed by atoms with Gasteiger partial charge in [-0.25, -0.2) is 0 Å². The van der Waals surface area contributed by atoms with E-state index in [9.17, 15) is 0 Å². The van der Waals surface area contributed by atoms with E-state index >= 15 is 0 Å². The molecule has 1 saturated heterocycles. The highest BCUT2D eigenvalue weighted by Crippen LogP contribution is 2.19. The van der Waals surface area contributed by atoms with Crippen LogP contribution in [0.2, 0.25) is 5.02 Å². The summed E-state index contributed by atoms with van der Waals surface area (Å²) in [6.45, 7) is 8.90. The lowest BCUT2D eigenvalue weighted by molar-refractivity contribution is 0.247. The largest absolute Gasteiger partial charge is 0.369 e. The van der Waals surface area contributed by atoms with E-state index < -0.39 is 0 Å². The van der Waals surface area contributed by atoms with Gasteiger partial charge >= 0.3 is 0 Å². The van der Waals surface area contributed by atoms with Crippen LogP contribution in [0.3, 0.4) is 0 Å². The number of piperazine rings is 1. The lowest BCUT2D eigenvalue weighted by atomic mass is 10.0. The minimum absolute atomic E-state index is 0.769. The molecule has 1 fully saturated rings. The van der Waals surface area contributed by atoms with Crippen molar-refractivity contribution in [2.75, 3.05) is 44.2 Å². The lowest BCUT2D eigenvalue weighted by Crippen LogP contribution is -2.46. The van der Waals surface area contributed by atoms with Crippen LogP contribution in [0.1, 0.15) is 26.2 Å². The molecular weight excluding hydrogens is 282 g/mol. The molecular formula is C17H28ClN3. The number of hydrogen-bond donors (Lipinski definition) is 1. The maximum absolute atomic E-state index is 5.94. The molecule has 0 radical (unpaired) electrons. The van der Waals surface area contributed by atoms with Crippen LogP contribution in [0, 0.1) is 5.92 Å². The fourth-order valence-corrected chi connectivity index (χ4v) is 3.10. The highest BCUT2D eigenvalue weighted by molar-refractivity contribution is 6.30. The second-order valence-corrected chi connectivity index (χ2v) is 6.57. The standard InChI is InChI=1S/C17H28ClN3/c1-15(8-9-19)3-2-10-20-11-13-21(14-12-20)17-6-4-16(18)5-7-17/h4-7,15H,2-3,8-14,19H2,1H3. The summed E-state index contributed by atoms with van der Waals surface area (Å²) in [5.74, 6) is 0.769. The van der Waals surface area contributed by atoms with Crippen molar-refractivity contribution in [2.45, 2.75) is 26.2 Å². The quantitative estimate of drug-likeness (QED) is 0.839. The molecule has 4 heteroatoms. The van der Waals surface area contributed by atoms with Crippen molar-refractivity contribution in [1.29, 1.82) is 0 Å². The van der Waals surface area contributed by atoms with E-state index in [0.717, 1.165) is 50.1 Å². The molecule has 0 amide bonds. The SMILES string of the molecule is CC(CCN)CCCN1CCN(c2ccc(Cl)cc2)CC1. The monoisotopic (exact) mass is 309 g/mol. The third-order valence-corrected chi connectivity index (χ3v) is 4.65. The van der Waals surface area contributed by atoms with Gasteiger partial charge in [0.05, 0.1) is 0 Å². The molecule has 2 rings (SSSR count). The van der Waals surface area contributed by atoms with E-state index in [0.29, 0.717) is 0 Å². The maximum Gasteiger partial charge on any atom is 0.0407 e. The van der Waals surface area contributed by atoms with Crippen molar-refractivity contribution < 1.29 is 0 Å². The Hall–Kier alpha value is -0.770. The molecule has 118 valence electrons. The van der Waals surface area contributed by atoms with E-state index in [2.05, 4.69) is 28.9 Å². The molecule has 0 aliphatic carbocycles. The molecule has 1 aliphatic rings. The second-order valence-electron chi connectivity index (χ2n) is 6.13. The number of nitrogens with zero attached hydrogens (tertiary/aromatic N) is 2. The van der Waals surface area contributed by atoms with E-state index in [1.807, 2.05) is 12.1 Å². The van der Waals surface area contributed by atoms with Gasteiger partial charge in [0.2, 0.25) is 0 Å². The molecule has 2 N–H and O–H groups in total. The Morgan fingerprint density at radius 1 is 1.10 bits per heavy atom. The van der Waals surface area contributed by atoms with Gasteiger partial charge in [-0.05, 0) is 62.5 Å². The number of hydrogen-bond acceptors (Lipinski definition) is 3. The van der Waals surface area contributed by atoms with Crippen LogP contribution in [0.25, 0.3) is 0 Å². The highest BCUT2D eigenvalue weighted by atomic mass is 35.5. The van der Waals surface area contributed by atoms with Crippen LogP contribution in [0.4, 0.5) is 5.69 Å². The zero-order chi connectivity index (χ0) is 15.1. The molecule has 0 spiro atoms. The molecule has 0 bridgehead atoms. The lowest BCUT2D eigenvalue weighted by Gasteiger charge is -2.36. The van der Waals surface area contributed by atoms with Crippen molar-refractivity contribution in [3.8, 4) is 0 Å². The van der Waals surface area contributed by atoms with Crippen molar-refractivity contribution >= 4 is 17.3 Å². The number of anilines is 1. The van der Waals surface area contributed by atoms with Gasteiger partial charge in [0.15, 0.2) is 0 Å². The molecule has 21 heavy (non-hydrogen) atoms. The predicted octanol–water partition coefficient (Wildman–Crippen LogP) is 3.23. The topological polar surface area (TPSA) is 32.5 Å². The summed E-state index contributed by atoms with van der Waals surface area (Å²) in [7, 11) is 0. The first-order valence-electron chi connectivity index (χ1n) is 8.12.